The van der Waals surface area contributed by atoms with Gasteiger partial charge < -0.3 is 5.32 Å². The number of amidine groups is 1. The normalized spacial score (nSPS) is 17.6. The summed E-state index contributed by atoms with van der Waals surface area (Å²) < 4.78 is 0. The summed E-state index contributed by atoms with van der Waals surface area (Å²) in [7, 11) is 0. The molecule has 0 radical (unpaired) electrons. The first-order valence-corrected chi connectivity index (χ1v) is 10.4. The van der Waals surface area contributed by atoms with Crippen LogP contribution in [0.5, 0.6) is 0 Å². The third-order valence-corrected chi connectivity index (χ3v) is 6.01. The molecule has 0 unspecified atom stereocenters. The van der Waals surface area contributed by atoms with Crippen LogP contribution in [-0.2, 0) is 9.59 Å². The van der Waals surface area contributed by atoms with Crippen molar-refractivity contribution in [3.8, 4) is 0 Å². The molecule has 1 atom stereocenters. The Labute approximate surface area is 175 Å². The van der Waals surface area contributed by atoms with E-state index in [4.69, 9.17) is 0 Å². The zero-order valence-electron chi connectivity index (χ0n) is 16.9. The van der Waals surface area contributed by atoms with Crippen molar-refractivity contribution in [2.75, 3.05) is 11.9 Å². The van der Waals surface area contributed by atoms with Crippen molar-refractivity contribution in [3.05, 3.63) is 71.8 Å². The molecule has 2 aromatic rings. The summed E-state index contributed by atoms with van der Waals surface area (Å²) in [6.07, 6.45) is 1.77. The highest BCUT2D eigenvalue weighted by Gasteiger charge is 2.38. The van der Waals surface area contributed by atoms with E-state index in [1.807, 2.05) is 63.2 Å². The number of rotatable bonds is 6. The van der Waals surface area contributed by atoms with Gasteiger partial charge in [-0.25, -0.2) is 4.99 Å². The Hall–Kier alpha value is -2.86. The number of para-hydroxylation sites is 1. The third kappa shape index (κ3) is 4.95. The molecule has 0 saturated carbocycles. The maximum atomic E-state index is 12.9. The van der Waals surface area contributed by atoms with E-state index in [9.17, 15) is 9.59 Å². The van der Waals surface area contributed by atoms with Crippen LogP contribution in [-0.4, -0.2) is 33.7 Å². The number of thioether (sulfide) groups is 1. The van der Waals surface area contributed by atoms with Crippen LogP contribution < -0.4 is 5.32 Å². The summed E-state index contributed by atoms with van der Waals surface area (Å²) in [6.45, 7) is 10.1. The van der Waals surface area contributed by atoms with E-state index in [0.29, 0.717) is 11.7 Å². The number of carbonyl (C=O) groups is 2. The Bertz CT molecular complexity index is 984. The Morgan fingerprint density at radius 1 is 1.17 bits per heavy atom. The van der Waals surface area contributed by atoms with Gasteiger partial charge in [0.1, 0.15) is 5.25 Å². The number of amides is 2. The van der Waals surface area contributed by atoms with Crippen molar-refractivity contribution in [2.45, 2.75) is 32.4 Å². The zero-order valence-corrected chi connectivity index (χ0v) is 17.8. The molecular weight excluding hydrogens is 382 g/mol. The highest BCUT2D eigenvalue weighted by molar-refractivity contribution is 8.15. The van der Waals surface area contributed by atoms with Gasteiger partial charge in [0.15, 0.2) is 5.17 Å². The van der Waals surface area contributed by atoms with Crippen molar-refractivity contribution in [3.63, 3.8) is 0 Å². The number of nitrogens with zero attached hydrogens (tertiary/aromatic N) is 2. The van der Waals surface area contributed by atoms with Gasteiger partial charge in [-0.15, -0.1) is 6.58 Å². The van der Waals surface area contributed by atoms with Crippen molar-refractivity contribution in [2.24, 2.45) is 4.99 Å². The molecule has 0 spiro atoms. The first-order valence-electron chi connectivity index (χ1n) is 9.49. The summed E-state index contributed by atoms with van der Waals surface area (Å²) in [5.41, 5.74) is 4.88. The lowest BCUT2D eigenvalue weighted by Crippen LogP contribution is -2.33. The molecule has 0 aromatic heterocycles. The molecule has 1 saturated heterocycles. The smallest absolute Gasteiger partial charge is 0.242 e. The van der Waals surface area contributed by atoms with E-state index in [1.165, 1.54) is 17.3 Å². The van der Waals surface area contributed by atoms with E-state index < -0.39 is 5.25 Å². The summed E-state index contributed by atoms with van der Waals surface area (Å²) >= 11 is 1.33. The van der Waals surface area contributed by atoms with Crippen LogP contribution in [0.15, 0.2) is 60.1 Å². The number of carbonyl (C=O) groups excluding carboxylic acids is 2. The van der Waals surface area contributed by atoms with Gasteiger partial charge in [-0.1, -0.05) is 42.1 Å². The summed E-state index contributed by atoms with van der Waals surface area (Å²) in [6, 6.07) is 13.5. The molecule has 1 heterocycles. The number of hydrogen-bond donors (Lipinski definition) is 1. The molecule has 6 heteroatoms. The number of anilines is 1. The first kappa shape index (κ1) is 20.9. The Balaban J connectivity index is 1.76. The Morgan fingerprint density at radius 2 is 1.93 bits per heavy atom. The Kier molecular flexibility index (Phi) is 6.54. The lowest BCUT2D eigenvalue weighted by Gasteiger charge is -2.14. The standard InChI is InChI=1S/C23H25N3O2S/c1-5-12-26-22(28)20(14-21(27)25-19-9-7-6-8-16(19)3)29-23(26)24-18-11-10-15(2)17(4)13-18/h5-11,13,20H,1,12,14H2,2-4H3,(H,25,27)/t20-/m1/s1. The van der Waals surface area contributed by atoms with Crippen molar-refractivity contribution >= 4 is 40.1 Å². The zero-order chi connectivity index (χ0) is 21.0. The largest absolute Gasteiger partial charge is 0.326 e. The monoisotopic (exact) mass is 407 g/mol. The van der Waals surface area contributed by atoms with Crippen molar-refractivity contribution in [1.82, 2.24) is 4.90 Å². The molecule has 29 heavy (non-hydrogen) atoms. The van der Waals surface area contributed by atoms with Crippen molar-refractivity contribution in [1.29, 1.82) is 0 Å². The quantitative estimate of drug-likeness (QED) is 0.703. The molecule has 1 aliphatic heterocycles. The predicted molar refractivity (Wildman–Crippen MR) is 121 cm³/mol. The van der Waals surface area contributed by atoms with E-state index in [2.05, 4.69) is 16.9 Å². The van der Waals surface area contributed by atoms with Gasteiger partial charge in [0.05, 0.1) is 5.69 Å². The Morgan fingerprint density at radius 3 is 2.62 bits per heavy atom. The van der Waals surface area contributed by atoms with Crippen LogP contribution in [0.3, 0.4) is 0 Å². The fourth-order valence-corrected chi connectivity index (χ4v) is 4.18. The van der Waals surface area contributed by atoms with Gasteiger partial charge in [-0.2, -0.15) is 0 Å². The molecule has 2 aromatic carbocycles. The van der Waals surface area contributed by atoms with Gasteiger partial charge >= 0.3 is 0 Å². The predicted octanol–water partition coefficient (Wildman–Crippen LogP) is 4.76. The van der Waals surface area contributed by atoms with E-state index in [-0.39, 0.29) is 18.2 Å². The summed E-state index contributed by atoms with van der Waals surface area (Å²) in [5, 5.41) is 3.01. The maximum Gasteiger partial charge on any atom is 0.242 e. The molecule has 3 rings (SSSR count). The van der Waals surface area contributed by atoms with Crippen LogP contribution in [0.1, 0.15) is 23.1 Å². The van der Waals surface area contributed by atoms with Crippen LogP contribution in [0, 0.1) is 20.8 Å². The van der Waals surface area contributed by atoms with Crippen LogP contribution >= 0.6 is 11.8 Å². The summed E-state index contributed by atoms with van der Waals surface area (Å²) in [5.74, 6) is -0.298. The van der Waals surface area contributed by atoms with Gasteiger partial charge in [0.2, 0.25) is 11.8 Å². The average Bonchev–Trinajstić information content (AvgIpc) is 2.95. The molecule has 2 amide bonds. The fourth-order valence-electron chi connectivity index (χ4n) is 3.01. The van der Waals surface area contributed by atoms with Crippen LogP contribution in [0.25, 0.3) is 0 Å². The second-order valence-electron chi connectivity index (χ2n) is 7.07. The van der Waals surface area contributed by atoms with Gasteiger partial charge in [-0.05, 0) is 55.7 Å². The number of nitrogens with one attached hydrogen (secondary N) is 1. The summed E-state index contributed by atoms with van der Waals surface area (Å²) in [4.78, 5) is 31.7. The molecule has 150 valence electrons. The molecule has 1 aliphatic rings. The second-order valence-corrected chi connectivity index (χ2v) is 8.24. The number of hydrogen-bond acceptors (Lipinski definition) is 4. The number of aliphatic imine (C=N–C) groups is 1. The van der Waals surface area contributed by atoms with Gasteiger partial charge in [-0.3, -0.25) is 14.5 Å². The van der Waals surface area contributed by atoms with Crippen LogP contribution in [0.4, 0.5) is 11.4 Å². The van der Waals surface area contributed by atoms with Gasteiger partial charge in [0.25, 0.3) is 0 Å². The van der Waals surface area contributed by atoms with E-state index >= 15 is 0 Å². The lowest BCUT2D eigenvalue weighted by molar-refractivity contribution is -0.127. The topological polar surface area (TPSA) is 61.8 Å². The first-order chi connectivity index (χ1) is 13.9. The number of aryl methyl sites for hydroxylation is 3. The highest BCUT2D eigenvalue weighted by atomic mass is 32.2. The number of benzene rings is 2. The molecule has 1 N–H and O–H groups in total. The van der Waals surface area contributed by atoms with E-state index in [1.54, 1.807) is 11.0 Å². The molecule has 0 bridgehead atoms. The fraction of sp³-hybridized carbons (Fsp3) is 0.261. The van der Waals surface area contributed by atoms with Gasteiger partial charge in [0, 0.05) is 18.7 Å². The minimum absolute atomic E-state index is 0.0947. The van der Waals surface area contributed by atoms with E-state index in [0.717, 1.165) is 22.5 Å². The maximum absolute atomic E-state index is 12.9. The minimum Gasteiger partial charge on any atom is -0.326 e. The third-order valence-electron chi connectivity index (χ3n) is 4.84. The lowest BCUT2D eigenvalue weighted by atomic mass is 10.1. The average molecular weight is 408 g/mol. The molecule has 5 nitrogen and oxygen atoms in total. The van der Waals surface area contributed by atoms with Crippen molar-refractivity contribution < 1.29 is 9.59 Å². The second kappa shape index (κ2) is 9.09. The molecular formula is C23H25N3O2S. The molecule has 1 fully saturated rings. The van der Waals surface area contributed by atoms with Crippen LogP contribution in [0.2, 0.25) is 0 Å². The highest BCUT2D eigenvalue weighted by Crippen LogP contribution is 2.32. The minimum atomic E-state index is -0.496. The SMILES string of the molecule is C=CCN1C(=O)[C@@H](CC(=O)Nc2ccccc2C)SC1=Nc1ccc(C)c(C)c1. The molecule has 0 aliphatic carbocycles.